The van der Waals surface area contributed by atoms with Gasteiger partial charge in [-0.3, -0.25) is 4.90 Å². The van der Waals surface area contributed by atoms with Crippen molar-refractivity contribution in [3.05, 3.63) is 35.7 Å². The first-order valence-corrected chi connectivity index (χ1v) is 9.05. The summed E-state index contributed by atoms with van der Waals surface area (Å²) < 4.78 is 19.9. The van der Waals surface area contributed by atoms with Crippen LogP contribution in [0.5, 0.6) is 0 Å². The van der Waals surface area contributed by atoms with Crippen molar-refractivity contribution in [2.24, 2.45) is 0 Å². The van der Waals surface area contributed by atoms with Crippen LogP contribution in [0.4, 0.5) is 25.4 Å². The Bertz CT molecular complexity index is 826. The minimum Gasteiger partial charge on any atom is -0.465 e. The van der Waals surface area contributed by atoms with Crippen LogP contribution in [-0.2, 0) is 4.74 Å². The molecule has 1 atom stereocenters. The zero-order chi connectivity index (χ0) is 20.1. The molecule has 2 heterocycles. The molecule has 2 saturated heterocycles. The van der Waals surface area contributed by atoms with E-state index in [0.717, 1.165) is 18.4 Å². The monoisotopic (exact) mass is 388 g/mol. The van der Waals surface area contributed by atoms with E-state index in [9.17, 15) is 14.0 Å². The number of cyclic esters (lactones) is 1. The molecule has 1 aromatic carbocycles. The maximum absolute atomic E-state index is 14.7. The number of nitrogens with one attached hydrogen (secondary N) is 1. The topological polar surface area (TPSA) is 106 Å². The van der Waals surface area contributed by atoms with Crippen molar-refractivity contribution in [3.63, 3.8) is 0 Å². The Morgan fingerprint density at radius 2 is 2.18 bits per heavy atom. The number of piperidine rings is 1. The number of amides is 2. The average Bonchev–Trinajstić information content (AvgIpc) is 3.03. The van der Waals surface area contributed by atoms with Gasteiger partial charge in [-0.05, 0) is 31.0 Å². The molecule has 3 rings (SSSR count). The van der Waals surface area contributed by atoms with Crippen LogP contribution < -0.4 is 15.1 Å². The second-order valence-corrected chi connectivity index (χ2v) is 6.69. The van der Waals surface area contributed by atoms with Crippen LogP contribution in [0.2, 0.25) is 0 Å². The van der Waals surface area contributed by atoms with Crippen molar-refractivity contribution in [3.8, 4) is 6.07 Å². The normalized spacial score (nSPS) is 19.2. The number of hydrogen-bond acceptors (Lipinski definition) is 5. The van der Waals surface area contributed by atoms with Gasteiger partial charge in [0, 0.05) is 32.1 Å². The number of halogens is 1. The first-order valence-electron chi connectivity index (χ1n) is 9.05. The van der Waals surface area contributed by atoms with E-state index in [1.807, 2.05) is 11.0 Å². The number of carboxylic acid groups (broad SMARTS) is 1. The molecule has 0 aliphatic carbocycles. The van der Waals surface area contributed by atoms with E-state index >= 15 is 0 Å². The molecule has 0 saturated carbocycles. The molecule has 0 radical (unpaired) electrons. The molecule has 2 amide bonds. The largest absolute Gasteiger partial charge is 0.465 e. The highest BCUT2D eigenvalue weighted by atomic mass is 19.1. The van der Waals surface area contributed by atoms with Crippen molar-refractivity contribution in [1.29, 1.82) is 5.26 Å². The summed E-state index contributed by atoms with van der Waals surface area (Å²) in [4.78, 5) is 25.8. The van der Waals surface area contributed by atoms with Crippen molar-refractivity contribution in [2.45, 2.75) is 25.4 Å². The Hall–Kier alpha value is -3.28. The molecule has 0 bridgehead atoms. The number of hydrogen-bond donors (Lipinski definition) is 2. The number of carbonyl (C=O) groups excluding carboxylic acids is 1. The lowest BCUT2D eigenvalue weighted by Crippen LogP contribution is -2.31. The Balaban J connectivity index is 1.63. The van der Waals surface area contributed by atoms with Gasteiger partial charge in [-0.25, -0.2) is 14.0 Å². The SMILES string of the molecule is N#CC=C1CCN(c2ccc(N3C[C@H](CCNC(=O)O)OC3=O)cc2F)CC1. The highest BCUT2D eigenvalue weighted by Crippen LogP contribution is 2.30. The first-order chi connectivity index (χ1) is 13.5. The highest BCUT2D eigenvalue weighted by Gasteiger charge is 2.32. The van der Waals surface area contributed by atoms with Gasteiger partial charge in [0.05, 0.1) is 24.0 Å². The lowest BCUT2D eigenvalue weighted by atomic mass is 10.0. The van der Waals surface area contributed by atoms with E-state index < -0.39 is 24.1 Å². The van der Waals surface area contributed by atoms with Gasteiger partial charge in [0.15, 0.2) is 0 Å². The summed E-state index contributed by atoms with van der Waals surface area (Å²) in [5, 5.41) is 19.5. The fourth-order valence-corrected chi connectivity index (χ4v) is 3.41. The Labute approximate surface area is 161 Å². The molecule has 2 aliphatic heterocycles. The maximum Gasteiger partial charge on any atom is 0.414 e. The zero-order valence-corrected chi connectivity index (χ0v) is 15.2. The number of ether oxygens (including phenoxy) is 1. The molecular formula is C19H21FN4O4. The average molecular weight is 388 g/mol. The molecule has 2 N–H and O–H groups in total. The maximum atomic E-state index is 14.7. The van der Waals surface area contributed by atoms with Crippen molar-refractivity contribution < 1.29 is 23.8 Å². The highest BCUT2D eigenvalue weighted by molar-refractivity contribution is 5.90. The van der Waals surface area contributed by atoms with Gasteiger partial charge in [0.1, 0.15) is 11.9 Å². The molecule has 28 heavy (non-hydrogen) atoms. The number of anilines is 2. The summed E-state index contributed by atoms with van der Waals surface area (Å²) in [6.45, 7) is 1.68. The minimum absolute atomic E-state index is 0.172. The van der Waals surface area contributed by atoms with Crippen molar-refractivity contribution in [2.75, 3.05) is 36.0 Å². The molecule has 8 nitrogen and oxygen atoms in total. The van der Waals surface area contributed by atoms with Gasteiger partial charge >= 0.3 is 12.2 Å². The molecule has 2 fully saturated rings. The lowest BCUT2D eigenvalue weighted by molar-refractivity contribution is 0.136. The van der Waals surface area contributed by atoms with Crippen LogP contribution in [0.25, 0.3) is 0 Å². The van der Waals surface area contributed by atoms with Crippen LogP contribution in [0.1, 0.15) is 19.3 Å². The van der Waals surface area contributed by atoms with Gasteiger partial charge in [-0.15, -0.1) is 0 Å². The lowest BCUT2D eigenvalue weighted by Gasteiger charge is -2.30. The third kappa shape index (κ3) is 4.52. The van der Waals surface area contributed by atoms with Crippen LogP contribution >= 0.6 is 0 Å². The van der Waals surface area contributed by atoms with E-state index in [2.05, 4.69) is 5.32 Å². The Morgan fingerprint density at radius 3 is 2.82 bits per heavy atom. The smallest absolute Gasteiger partial charge is 0.414 e. The number of allylic oxidation sites excluding steroid dienone is 1. The molecular weight excluding hydrogens is 367 g/mol. The molecule has 9 heteroatoms. The van der Waals surface area contributed by atoms with E-state index in [-0.39, 0.29) is 13.1 Å². The van der Waals surface area contributed by atoms with E-state index in [4.69, 9.17) is 15.1 Å². The second kappa shape index (κ2) is 8.61. The van der Waals surface area contributed by atoms with E-state index in [1.165, 1.54) is 11.0 Å². The standard InChI is InChI=1S/C19H21FN4O4/c20-16-11-14(24-12-15(28-19(24)27)4-8-22-18(25)26)1-2-17(16)23-9-5-13(3-7-21)6-10-23/h1-3,11,15,22H,4-6,8-10,12H2,(H,25,26)/t15-/m0/s1. The summed E-state index contributed by atoms with van der Waals surface area (Å²) in [6, 6.07) is 6.67. The Kier molecular flexibility index (Phi) is 5.99. The number of carbonyl (C=O) groups is 2. The number of rotatable bonds is 5. The molecule has 2 aliphatic rings. The van der Waals surface area contributed by atoms with E-state index in [0.29, 0.717) is 30.9 Å². The molecule has 148 valence electrons. The number of nitrogens with zero attached hydrogens (tertiary/aromatic N) is 3. The van der Waals surface area contributed by atoms with Gasteiger partial charge in [0.25, 0.3) is 0 Å². The van der Waals surface area contributed by atoms with Crippen LogP contribution in [-0.4, -0.2) is 49.6 Å². The van der Waals surface area contributed by atoms with E-state index in [1.54, 1.807) is 18.2 Å². The van der Waals surface area contributed by atoms with Gasteiger partial charge < -0.3 is 20.1 Å². The predicted octanol–water partition coefficient (Wildman–Crippen LogP) is 2.86. The van der Waals surface area contributed by atoms with Crippen molar-refractivity contribution in [1.82, 2.24) is 5.32 Å². The molecule has 0 unspecified atom stereocenters. The summed E-state index contributed by atoms with van der Waals surface area (Å²) >= 11 is 0. The van der Waals surface area contributed by atoms with Gasteiger partial charge in [-0.1, -0.05) is 5.57 Å². The second-order valence-electron chi connectivity index (χ2n) is 6.69. The Morgan fingerprint density at radius 1 is 1.43 bits per heavy atom. The van der Waals surface area contributed by atoms with Crippen LogP contribution in [0, 0.1) is 17.1 Å². The number of benzene rings is 1. The first kappa shape index (κ1) is 19.5. The fourth-order valence-electron chi connectivity index (χ4n) is 3.41. The third-order valence-electron chi connectivity index (χ3n) is 4.87. The molecule has 0 spiro atoms. The predicted molar refractivity (Wildman–Crippen MR) is 99.8 cm³/mol. The summed E-state index contributed by atoms with van der Waals surface area (Å²) in [6.07, 6.45) is 1.19. The number of nitriles is 1. The zero-order valence-electron chi connectivity index (χ0n) is 15.2. The summed E-state index contributed by atoms with van der Waals surface area (Å²) in [5.41, 5.74) is 1.94. The third-order valence-corrected chi connectivity index (χ3v) is 4.87. The summed E-state index contributed by atoms with van der Waals surface area (Å²) in [5.74, 6) is -0.422. The molecule has 1 aromatic rings. The minimum atomic E-state index is -1.13. The fraction of sp³-hybridized carbons (Fsp3) is 0.421. The van der Waals surface area contributed by atoms with Gasteiger partial charge in [0.2, 0.25) is 0 Å². The molecule has 0 aromatic heterocycles. The van der Waals surface area contributed by atoms with Gasteiger partial charge in [-0.2, -0.15) is 5.26 Å². The summed E-state index contributed by atoms with van der Waals surface area (Å²) in [7, 11) is 0. The van der Waals surface area contributed by atoms with Crippen LogP contribution in [0.3, 0.4) is 0 Å². The quantitative estimate of drug-likeness (QED) is 0.752. The van der Waals surface area contributed by atoms with Crippen molar-refractivity contribution >= 4 is 23.6 Å². The van der Waals surface area contributed by atoms with Crippen LogP contribution in [0.15, 0.2) is 29.8 Å².